The number of hydrogen-bond acceptors (Lipinski definition) is 5. The first-order chi connectivity index (χ1) is 11.3. The third-order valence-corrected chi connectivity index (χ3v) is 4.80. The molecule has 24 heavy (non-hydrogen) atoms. The van der Waals surface area contributed by atoms with Crippen molar-refractivity contribution >= 4 is 52.2 Å². The van der Waals surface area contributed by atoms with Crippen molar-refractivity contribution in [1.29, 1.82) is 0 Å². The molecule has 0 aliphatic carbocycles. The zero-order valence-corrected chi connectivity index (χ0v) is 14.4. The van der Waals surface area contributed by atoms with E-state index in [0.717, 1.165) is 34.2 Å². The van der Waals surface area contributed by atoms with Crippen molar-refractivity contribution in [2.24, 2.45) is 0 Å². The molecular weight excluding hydrogens is 350 g/mol. The zero-order chi connectivity index (χ0) is 17.9. The van der Waals surface area contributed by atoms with E-state index >= 15 is 0 Å². The molecule has 0 spiro atoms. The second-order valence-corrected chi connectivity index (χ2v) is 6.77. The molecule has 1 amide bonds. The van der Waals surface area contributed by atoms with Crippen molar-refractivity contribution in [3.63, 3.8) is 0 Å². The number of thiocarbonyl (C=S) groups is 1. The maximum absolute atomic E-state index is 12.5. The van der Waals surface area contributed by atoms with Crippen LogP contribution < -0.4 is 0 Å². The molecule has 1 fully saturated rings. The van der Waals surface area contributed by atoms with Crippen molar-refractivity contribution < 1.29 is 24.6 Å². The summed E-state index contributed by atoms with van der Waals surface area (Å²) >= 11 is 6.04. The number of aliphatic carboxylic acids is 2. The standard InChI is InChI=1S/C16H15NO5S2/c1-2-9-3-5-10(6-4-9)7-12-14(20)17(16(23)24-12)11(15(21)22)8-13(18)19/h3-7,11H,2,8H2,1H3,(H,18,19)(H,21,22)/b12-7-/t11-/m0/s1. The third kappa shape index (κ3) is 4.01. The van der Waals surface area contributed by atoms with Crippen LogP contribution in [0.4, 0.5) is 0 Å². The molecule has 2 rings (SSSR count). The van der Waals surface area contributed by atoms with Crippen molar-refractivity contribution in [2.75, 3.05) is 0 Å². The van der Waals surface area contributed by atoms with Gasteiger partial charge < -0.3 is 10.2 Å². The van der Waals surface area contributed by atoms with Crippen LogP contribution in [0.2, 0.25) is 0 Å². The van der Waals surface area contributed by atoms with Crippen LogP contribution in [0.3, 0.4) is 0 Å². The maximum atomic E-state index is 12.5. The van der Waals surface area contributed by atoms with Gasteiger partial charge in [-0.1, -0.05) is 55.2 Å². The molecule has 1 aliphatic rings. The molecule has 0 unspecified atom stereocenters. The lowest BCUT2D eigenvalue weighted by atomic mass is 10.1. The smallest absolute Gasteiger partial charge is 0.327 e. The number of aryl methyl sites for hydroxylation is 1. The van der Waals surface area contributed by atoms with E-state index in [0.29, 0.717) is 0 Å². The molecule has 0 radical (unpaired) electrons. The van der Waals surface area contributed by atoms with Crippen molar-refractivity contribution in [2.45, 2.75) is 25.8 Å². The first-order valence-corrected chi connectivity index (χ1v) is 8.36. The van der Waals surface area contributed by atoms with Gasteiger partial charge in [-0.2, -0.15) is 0 Å². The molecule has 1 saturated heterocycles. The minimum absolute atomic E-state index is 0.0464. The zero-order valence-electron chi connectivity index (χ0n) is 12.8. The third-order valence-electron chi connectivity index (χ3n) is 3.47. The van der Waals surface area contributed by atoms with E-state index < -0.39 is 30.3 Å². The van der Waals surface area contributed by atoms with Crippen molar-refractivity contribution in [3.8, 4) is 0 Å². The van der Waals surface area contributed by atoms with Crippen LogP contribution >= 0.6 is 24.0 Å². The Morgan fingerprint density at radius 3 is 2.42 bits per heavy atom. The second kappa shape index (κ2) is 7.59. The summed E-state index contributed by atoms with van der Waals surface area (Å²) in [6.45, 7) is 2.04. The fraction of sp³-hybridized carbons (Fsp3) is 0.250. The molecule has 2 N–H and O–H groups in total. The highest BCUT2D eigenvalue weighted by Gasteiger charge is 2.41. The maximum Gasteiger partial charge on any atom is 0.327 e. The quantitative estimate of drug-likeness (QED) is 0.590. The van der Waals surface area contributed by atoms with E-state index in [4.69, 9.17) is 17.3 Å². The van der Waals surface area contributed by atoms with Crippen LogP contribution in [0, 0.1) is 0 Å². The SMILES string of the molecule is CCc1ccc(/C=C2\SC(=S)N([C@@H](CC(=O)O)C(=O)O)C2=O)cc1. The molecule has 6 nitrogen and oxygen atoms in total. The summed E-state index contributed by atoms with van der Waals surface area (Å²) in [6, 6.07) is 6.09. The summed E-state index contributed by atoms with van der Waals surface area (Å²) in [5.41, 5.74) is 1.95. The summed E-state index contributed by atoms with van der Waals surface area (Å²) < 4.78 is 0.0464. The molecule has 0 bridgehead atoms. The molecule has 1 aromatic carbocycles. The van der Waals surface area contributed by atoms with Crippen LogP contribution in [0.1, 0.15) is 24.5 Å². The molecule has 8 heteroatoms. The lowest BCUT2D eigenvalue weighted by Gasteiger charge is -2.21. The van der Waals surface area contributed by atoms with E-state index in [1.807, 2.05) is 31.2 Å². The van der Waals surface area contributed by atoms with Crippen LogP contribution in [0.5, 0.6) is 0 Å². The topological polar surface area (TPSA) is 94.9 Å². The molecule has 1 atom stereocenters. The van der Waals surface area contributed by atoms with Gasteiger partial charge in [0.1, 0.15) is 10.4 Å². The summed E-state index contributed by atoms with van der Waals surface area (Å²) in [4.78, 5) is 35.8. The Hall–Kier alpha value is -2.19. The molecule has 0 saturated carbocycles. The fourth-order valence-electron chi connectivity index (χ4n) is 2.20. The number of carbonyl (C=O) groups excluding carboxylic acids is 1. The summed E-state index contributed by atoms with van der Waals surface area (Å²) in [7, 11) is 0. The molecular formula is C16H15NO5S2. The number of benzene rings is 1. The Kier molecular flexibility index (Phi) is 5.74. The van der Waals surface area contributed by atoms with E-state index in [2.05, 4.69) is 0 Å². The van der Waals surface area contributed by atoms with Crippen LogP contribution in [0.15, 0.2) is 29.2 Å². The predicted molar refractivity (Wildman–Crippen MR) is 94.5 cm³/mol. The Morgan fingerprint density at radius 2 is 1.92 bits per heavy atom. The summed E-state index contributed by atoms with van der Waals surface area (Å²) in [5.74, 6) is -3.30. The van der Waals surface area contributed by atoms with Crippen molar-refractivity contribution in [3.05, 3.63) is 40.3 Å². The van der Waals surface area contributed by atoms with Crippen LogP contribution in [-0.4, -0.2) is 43.3 Å². The van der Waals surface area contributed by atoms with E-state index in [-0.39, 0.29) is 9.23 Å². The molecule has 0 aromatic heterocycles. The van der Waals surface area contributed by atoms with Crippen LogP contribution in [0.25, 0.3) is 6.08 Å². The Morgan fingerprint density at radius 1 is 1.29 bits per heavy atom. The number of thioether (sulfide) groups is 1. The molecule has 1 aliphatic heterocycles. The second-order valence-electron chi connectivity index (χ2n) is 5.10. The number of nitrogens with zero attached hydrogens (tertiary/aromatic N) is 1. The molecule has 1 heterocycles. The van der Waals surface area contributed by atoms with Gasteiger partial charge in [-0.05, 0) is 23.6 Å². The van der Waals surface area contributed by atoms with Crippen LogP contribution in [-0.2, 0) is 20.8 Å². The van der Waals surface area contributed by atoms with E-state index in [1.54, 1.807) is 6.08 Å². The average molecular weight is 365 g/mol. The van der Waals surface area contributed by atoms with Gasteiger partial charge in [0.2, 0.25) is 0 Å². The minimum Gasteiger partial charge on any atom is -0.481 e. The van der Waals surface area contributed by atoms with Gasteiger partial charge >= 0.3 is 11.9 Å². The predicted octanol–water partition coefficient (Wildman–Crippen LogP) is 2.38. The lowest BCUT2D eigenvalue weighted by molar-refractivity contribution is -0.150. The van der Waals surface area contributed by atoms with Gasteiger partial charge in [-0.25, -0.2) is 4.79 Å². The number of amides is 1. The highest BCUT2D eigenvalue weighted by Crippen LogP contribution is 2.34. The Labute approximate surface area is 148 Å². The number of carbonyl (C=O) groups is 3. The highest BCUT2D eigenvalue weighted by atomic mass is 32.2. The van der Waals surface area contributed by atoms with E-state index in [9.17, 15) is 19.5 Å². The van der Waals surface area contributed by atoms with Gasteiger partial charge in [0.25, 0.3) is 5.91 Å². The van der Waals surface area contributed by atoms with Gasteiger partial charge in [0.15, 0.2) is 0 Å². The Bertz CT molecular complexity index is 726. The Balaban J connectivity index is 2.27. The highest BCUT2D eigenvalue weighted by molar-refractivity contribution is 8.26. The first kappa shape index (κ1) is 18.2. The van der Waals surface area contributed by atoms with Gasteiger partial charge in [-0.3, -0.25) is 14.5 Å². The normalized spacial score (nSPS) is 17.4. The van der Waals surface area contributed by atoms with Gasteiger partial charge in [0, 0.05) is 0 Å². The number of hydrogen-bond donors (Lipinski definition) is 2. The number of carboxylic acid groups (broad SMARTS) is 2. The number of carboxylic acids is 2. The minimum atomic E-state index is -1.51. The summed E-state index contributed by atoms with van der Waals surface area (Å²) in [6.07, 6.45) is 1.82. The van der Waals surface area contributed by atoms with Gasteiger partial charge in [-0.15, -0.1) is 0 Å². The summed E-state index contributed by atoms with van der Waals surface area (Å²) in [5, 5.41) is 18.1. The number of rotatable bonds is 6. The van der Waals surface area contributed by atoms with Crippen molar-refractivity contribution in [1.82, 2.24) is 4.90 Å². The average Bonchev–Trinajstić information content (AvgIpc) is 2.79. The van der Waals surface area contributed by atoms with E-state index in [1.165, 1.54) is 0 Å². The largest absolute Gasteiger partial charge is 0.481 e. The molecule has 1 aromatic rings. The van der Waals surface area contributed by atoms with Gasteiger partial charge in [0.05, 0.1) is 11.3 Å². The molecule has 126 valence electrons. The fourth-order valence-corrected chi connectivity index (χ4v) is 3.56. The lowest BCUT2D eigenvalue weighted by Crippen LogP contribution is -2.45. The monoisotopic (exact) mass is 365 g/mol. The first-order valence-electron chi connectivity index (χ1n) is 7.14.